The number of nitrogens with zero attached hydrogens (tertiary/aromatic N) is 1. The second-order valence-electron chi connectivity index (χ2n) is 11.5. The van der Waals surface area contributed by atoms with Crippen molar-refractivity contribution < 1.29 is 29.0 Å². The van der Waals surface area contributed by atoms with Gasteiger partial charge in [0.1, 0.15) is 5.78 Å². The van der Waals surface area contributed by atoms with Crippen LogP contribution >= 0.6 is 0 Å². The number of carboxylic acid groups (broad SMARTS) is 1. The summed E-state index contributed by atoms with van der Waals surface area (Å²) in [6, 6.07) is 18.2. The Morgan fingerprint density at radius 2 is 1.59 bits per heavy atom. The molecule has 0 spiro atoms. The molecular weight excluding hydrogens is 520 g/mol. The maximum Gasteiger partial charge on any atom is 0.307 e. The van der Waals surface area contributed by atoms with E-state index >= 15 is 0 Å². The summed E-state index contributed by atoms with van der Waals surface area (Å²) < 4.78 is 5.46. The van der Waals surface area contributed by atoms with E-state index in [1.54, 1.807) is 0 Å². The van der Waals surface area contributed by atoms with E-state index < -0.39 is 23.8 Å². The molecule has 0 unspecified atom stereocenters. The van der Waals surface area contributed by atoms with Crippen LogP contribution in [0.25, 0.3) is 0 Å². The Kier molecular flexibility index (Phi) is 13.2. The van der Waals surface area contributed by atoms with Gasteiger partial charge < -0.3 is 15.2 Å². The number of hydrogen-bond donors (Lipinski definition) is 2. The third-order valence-corrected chi connectivity index (χ3v) is 7.44. The lowest BCUT2D eigenvalue weighted by Gasteiger charge is -2.27. The van der Waals surface area contributed by atoms with Crippen molar-refractivity contribution in [2.75, 3.05) is 26.4 Å². The molecule has 1 aliphatic heterocycles. The zero-order valence-corrected chi connectivity index (χ0v) is 24.3. The molecule has 0 saturated carbocycles. The fourth-order valence-electron chi connectivity index (χ4n) is 5.24. The number of carboxylic acids is 1. The van der Waals surface area contributed by atoms with Crippen LogP contribution in [0.3, 0.4) is 0 Å². The van der Waals surface area contributed by atoms with E-state index in [-0.39, 0.29) is 49.2 Å². The monoisotopic (exact) mass is 564 g/mol. The number of ether oxygens (including phenoxy) is 1. The Morgan fingerprint density at radius 1 is 0.927 bits per heavy atom. The fourth-order valence-corrected chi connectivity index (χ4v) is 5.24. The molecule has 1 saturated heterocycles. The third kappa shape index (κ3) is 11.6. The average molecular weight is 565 g/mol. The summed E-state index contributed by atoms with van der Waals surface area (Å²) in [6.07, 6.45) is 2.48. The first-order valence-electron chi connectivity index (χ1n) is 14.7. The number of hydrogen-bond acceptors (Lipinski definition) is 6. The summed E-state index contributed by atoms with van der Waals surface area (Å²) in [5, 5.41) is 12.8. The van der Waals surface area contributed by atoms with E-state index in [4.69, 9.17) is 4.74 Å². The Balaban J connectivity index is 1.70. The SMILES string of the molecule is CC(C)C[C@H](NC(=O)[C@H](CCc1ccccc1)CC(=O)CN1CCCOC1)C(=O)C[C@@H](Cc1ccccc1)C(=O)O. The van der Waals surface area contributed by atoms with Crippen LogP contribution in [0.4, 0.5) is 0 Å². The van der Waals surface area contributed by atoms with Gasteiger partial charge in [-0.1, -0.05) is 74.5 Å². The summed E-state index contributed by atoms with van der Waals surface area (Å²) in [5.41, 5.74) is 1.91. The highest BCUT2D eigenvalue weighted by molar-refractivity contribution is 5.93. The van der Waals surface area contributed by atoms with Gasteiger partial charge in [0.05, 0.1) is 25.2 Å². The predicted molar refractivity (Wildman–Crippen MR) is 157 cm³/mol. The third-order valence-electron chi connectivity index (χ3n) is 7.44. The molecule has 2 N–H and O–H groups in total. The molecule has 0 aromatic heterocycles. The highest BCUT2D eigenvalue weighted by Gasteiger charge is 2.31. The molecule has 0 aliphatic carbocycles. The van der Waals surface area contributed by atoms with Crippen molar-refractivity contribution >= 4 is 23.4 Å². The summed E-state index contributed by atoms with van der Waals surface area (Å²) in [4.78, 5) is 54.1. The summed E-state index contributed by atoms with van der Waals surface area (Å²) in [7, 11) is 0. The molecule has 3 rings (SSSR count). The van der Waals surface area contributed by atoms with Crippen molar-refractivity contribution in [2.24, 2.45) is 17.8 Å². The van der Waals surface area contributed by atoms with E-state index in [1.165, 1.54) is 0 Å². The highest BCUT2D eigenvalue weighted by atomic mass is 16.5. The van der Waals surface area contributed by atoms with Gasteiger partial charge in [-0.2, -0.15) is 0 Å². The molecule has 3 atom stereocenters. The van der Waals surface area contributed by atoms with Crippen LogP contribution < -0.4 is 5.32 Å². The second kappa shape index (κ2) is 16.8. The number of carbonyl (C=O) groups excluding carboxylic acids is 3. The standard InChI is InChI=1S/C33H44N2O6/c1-24(2)18-30(31(37)21-28(33(39)40)19-26-12-7-4-8-13-26)34-32(38)27(15-14-25-10-5-3-6-11-25)20-29(36)22-35-16-9-17-41-23-35/h3-8,10-13,24,27-28,30H,9,14-23H2,1-2H3,(H,34,38)(H,39,40)/t27-,28-,30+/m1/s1. The van der Waals surface area contributed by atoms with Crippen molar-refractivity contribution in [2.45, 2.75) is 64.8 Å². The lowest BCUT2D eigenvalue weighted by molar-refractivity contribution is -0.144. The van der Waals surface area contributed by atoms with Gasteiger partial charge in [-0.25, -0.2) is 0 Å². The normalized spacial score (nSPS) is 16.1. The minimum Gasteiger partial charge on any atom is -0.481 e. The number of ketones is 2. The molecular formula is C33H44N2O6. The number of carbonyl (C=O) groups is 4. The molecule has 8 heteroatoms. The second-order valence-corrected chi connectivity index (χ2v) is 11.5. The molecule has 1 heterocycles. The quantitative estimate of drug-likeness (QED) is 0.294. The van der Waals surface area contributed by atoms with Gasteiger partial charge in [0.2, 0.25) is 5.91 Å². The van der Waals surface area contributed by atoms with E-state index in [0.29, 0.717) is 32.6 Å². The lowest BCUT2D eigenvalue weighted by atomic mass is 9.88. The number of aryl methyl sites for hydroxylation is 1. The summed E-state index contributed by atoms with van der Waals surface area (Å²) in [6.45, 7) is 6.02. The van der Waals surface area contributed by atoms with E-state index in [9.17, 15) is 24.3 Å². The molecule has 0 radical (unpaired) electrons. The van der Waals surface area contributed by atoms with E-state index in [1.807, 2.05) is 79.4 Å². The van der Waals surface area contributed by atoms with Crippen LogP contribution in [-0.4, -0.2) is 65.9 Å². The smallest absolute Gasteiger partial charge is 0.307 e. The van der Waals surface area contributed by atoms with Crippen molar-refractivity contribution in [3.8, 4) is 0 Å². The van der Waals surface area contributed by atoms with Gasteiger partial charge in [0.25, 0.3) is 0 Å². The maximum absolute atomic E-state index is 13.6. The molecule has 8 nitrogen and oxygen atoms in total. The first-order valence-corrected chi connectivity index (χ1v) is 14.7. The van der Waals surface area contributed by atoms with Crippen molar-refractivity contribution in [1.29, 1.82) is 0 Å². The Hall–Kier alpha value is -3.36. The Labute approximate surface area is 243 Å². The van der Waals surface area contributed by atoms with Gasteiger partial charge >= 0.3 is 5.97 Å². The molecule has 2 aromatic rings. The van der Waals surface area contributed by atoms with Crippen LogP contribution in [-0.2, 0) is 36.8 Å². The molecule has 1 aliphatic rings. The largest absolute Gasteiger partial charge is 0.481 e. The number of amides is 1. The van der Waals surface area contributed by atoms with Crippen LogP contribution in [0.15, 0.2) is 60.7 Å². The van der Waals surface area contributed by atoms with Gasteiger partial charge in [0, 0.05) is 31.9 Å². The number of benzene rings is 2. The van der Waals surface area contributed by atoms with Gasteiger partial charge in [0.15, 0.2) is 5.78 Å². The van der Waals surface area contributed by atoms with Crippen molar-refractivity contribution in [3.05, 3.63) is 71.8 Å². The number of Topliss-reactive ketones (excluding diaryl/α,β-unsaturated/α-hetero) is 2. The van der Waals surface area contributed by atoms with Crippen LogP contribution in [0.1, 0.15) is 57.1 Å². The van der Waals surface area contributed by atoms with Gasteiger partial charge in [-0.3, -0.25) is 24.1 Å². The summed E-state index contributed by atoms with van der Waals surface area (Å²) in [5.74, 6) is -3.10. The molecule has 41 heavy (non-hydrogen) atoms. The molecule has 2 aromatic carbocycles. The van der Waals surface area contributed by atoms with E-state index in [0.717, 1.165) is 24.1 Å². The zero-order chi connectivity index (χ0) is 29.6. The summed E-state index contributed by atoms with van der Waals surface area (Å²) >= 11 is 0. The first-order chi connectivity index (χ1) is 19.7. The molecule has 1 fully saturated rings. The number of aliphatic carboxylic acids is 1. The average Bonchev–Trinajstić information content (AvgIpc) is 2.95. The Bertz CT molecular complexity index is 1120. The van der Waals surface area contributed by atoms with Crippen LogP contribution in [0, 0.1) is 17.8 Å². The minimum absolute atomic E-state index is 0.0377. The van der Waals surface area contributed by atoms with Crippen molar-refractivity contribution in [3.63, 3.8) is 0 Å². The fraction of sp³-hybridized carbons (Fsp3) is 0.515. The maximum atomic E-state index is 13.6. The molecule has 0 bridgehead atoms. The molecule has 222 valence electrons. The van der Waals surface area contributed by atoms with Gasteiger partial charge in [-0.15, -0.1) is 0 Å². The first kappa shape index (κ1) is 32.2. The van der Waals surface area contributed by atoms with Gasteiger partial charge in [-0.05, 0) is 49.1 Å². The van der Waals surface area contributed by atoms with Crippen LogP contribution in [0.2, 0.25) is 0 Å². The topological polar surface area (TPSA) is 113 Å². The predicted octanol–water partition coefficient (Wildman–Crippen LogP) is 4.31. The van der Waals surface area contributed by atoms with E-state index in [2.05, 4.69) is 5.32 Å². The highest BCUT2D eigenvalue weighted by Crippen LogP contribution is 2.20. The number of nitrogens with one attached hydrogen (secondary N) is 1. The zero-order valence-electron chi connectivity index (χ0n) is 24.3. The molecule has 1 amide bonds. The Morgan fingerprint density at radius 3 is 2.17 bits per heavy atom. The van der Waals surface area contributed by atoms with Crippen LogP contribution in [0.5, 0.6) is 0 Å². The minimum atomic E-state index is -1.04. The number of rotatable bonds is 17. The lowest BCUT2D eigenvalue weighted by Crippen LogP contribution is -2.46. The van der Waals surface area contributed by atoms with Crippen molar-refractivity contribution in [1.82, 2.24) is 10.2 Å².